The molecule has 3 aromatic rings. The third-order valence-electron chi connectivity index (χ3n) is 5.25. The van der Waals surface area contributed by atoms with Crippen LogP contribution in [0.15, 0.2) is 41.3 Å². The number of thiazole rings is 1. The summed E-state index contributed by atoms with van der Waals surface area (Å²) in [5.41, 5.74) is 1.25. The molecule has 0 saturated carbocycles. The molecule has 0 N–H and O–H groups in total. The van der Waals surface area contributed by atoms with Gasteiger partial charge in [-0.3, -0.25) is 4.79 Å². The van der Waals surface area contributed by atoms with E-state index in [2.05, 4.69) is 9.88 Å². The fourth-order valence-electron chi connectivity index (χ4n) is 3.51. The van der Waals surface area contributed by atoms with Crippen LogP contribution in [0, 0.1) is 0 Å². The van der Waals surface area contributed by atoms with Crippen LogP contribution in [0.1, 0.15) is 10.4 Å². The summed E-state index contributed by atoms with van der Waals surface area (Å²) in [4.78, 5) is 21.9. The first kappa shape index (κ1) is 21.4. The Kier molecular flexibility index (Phi) is 5.76. The molecule has 1 saturated heterocycles. The number of anilines is 1. The molecule has 0 bridgehead atoms. The van der Waals surface area contributed by atoms with Crippen LogP contribution in [0.3, 0.4) is 0 Å². The van der Waals surface area contributed by atoms with Gasteiger partial charge in [0.25, 0.3) is 5.91 Å². The summed E-state index contributed by atoms with van der Waals surface area (Å²) in [7, 11) is -0.160. The third kappa shape index (κ3) is 4.31. The van der Waals surface area contributed by atoms with Crippen molar-refractivity contribution in [3.05, 3.63) is 42.0 Å². The molecule has 1 aliphatic heterocycles. The third-order valence-corrected chi connectivity index (χ3v) is 7.44. The smallest absolute Gasteiger partial charge is 0.257 e. The molecule has 1 amide bonds. The van der Waals surface area contributed by atoms with Gasteiger partial charge in [0.1, 0.15) is 11.5 Å². The molecule has 1 fully saturated rings. The summed E-state index contributed by atoms with van der Waals surface area (Å²) < 4.78 is 35.0. The Morgan fingerprint density at radius 1 is 1.03 bits per heavy atom. The Morgan fingerprint density at radius 3 is 2.42 bits per heavy atom. The van der Waals surface area contributed by atoms with E-state index < -0.39 is 9.84 Å². The zero-order chi connectivity index (χ0) is 22.2. The Hall–Kier alpha value is -2.85. The van der Waals surface area contributed by atoms with Crippen molar-refractivity contribution in [3.8, 4) is 11.5 Å². The average Bonchev–Trinajstić information content (AvgIpc) is 3.21. The van der Waals surface area contributed by atoms with E-state index in [0.717, 1.165) is 15.3 Å². The average molecular weight is 462 g/mol. The minimum absolute atomic E-state index is 0.0995. The second kappa shape index (κ2) is 8.35. The normalized spacial score (nSPS) is 14.7. The number of rotatable bonds is 5. The molecule has 31 heavy (non-hydrogen) atoms. The molecule has 0 radical (unpaired) electrons. The number of carbonyl (C=O) groups excluding carboxylic acids is 1. The van der Waals surface area contributed by atoms with E-state index in [4.69, 9.17) is 9.47 Å². The zero-order valence-electron chi connectivity index (χ0n) is 17.5. The van der Waals surface area contributed by atoms with Gasteiger partial charge in [0.15, 0.2) is 15.0 Å². The van der Waals surface area contributed by atoms with Crippen molar-refractivity contribution in [1.82, 2.24) is 9.88 Å². The second-order valence-corrected chi connectivity index (χ2v) is 10.3. The van der Waals surface area contributed by atoms with Crippen molar-refractivity contribution >= 4 is 42.4 Å². The first-order valence-electron chi connectivity index (χ1n) is 9.67. The van der Waals surface area contributed by atoms with Crippen molar-refractivity contribution in [2.75, 3.05) is 51.6 Å². The first-order chi connectivity index (χ1) is 14.8. The van der Waals surface area contributed by atoms with Gasteiger partial charge in [-0.25, -0.2) is 13.4 Å². The molecule has 0 aliphatic carbocycles. The molecule has 2 aromatic carbocycles. The van der Waals surface area contributed by atoms with E-state index in [-0.39, 0.29) is 10.8 Å². The van der Waals surface area contributed by atoms with Gasteiger partial charge >= 0.3 is 0 Å². The van der Waals surface area contributed by atoms with Crippen molar-refractivity contribution in [2.45, 2.75) is 4.90 Å². The highest BCUT2D eigenvalue weighted by Crippen LogP contribution is 2.32. The van der Waals surface area contributed by atoms with Crippen molar-refractivity contribution in [1.29, 1.82) is 0 Å². The van der Waals surface area contributed by atoms with Gasteiger partial charge in [-0.1, -0.05) is 11.3 Å². The summed E-state index contributed by atoms with van der Waals surface area (Å²) >= 11 is 1.46. The van der Waals surface area contributed by atoms with E-state index in [0.29, 0.717) is 43.2 Å². The standard InChI is InChI=1S/C21H23N3O5S2/c1-28-14-4-7-18(29-2)16(12-14)20(25)23-8-10-24(11-9-23)21-22-17-6-5-15(31(3,26)27)13-19(17)30-21/h4-7,12-13H,8-11H2,1-3H3. The quantitative estimate of drug-likeness (QED) is 0.577. The molecular weight excluding hydrogens is 438 g/mol. The predicted molar refractivity (Wildman–Crippen MR) is 120 cm³/mol. The monoisotopic (exact) mass is 461 g/mol. The van der Waals surface area contributed by atoms with E-state index in [9.17, 15) is 13.2 Å². The highest BCUT2D eigenvalue weighted by Gasteiger charge is 2.26. The number of methoxy groups -OCH3 is 2. The van der Waals surface area contributed by atoms with Crippen LogP contribution >= 0.6 is 11.3 Å². The number of benzene rings is 2. The van der Waals surface area contributed by atoms with Gasteiger partial charge in [0, 0.05) is 32.4 Å². The van der Waals surface area contributed by atoms with Crippen LogP contribution in [0.5, 0.6) is 11.5 Å². The minimum Gasteiger partial charge on any atom is -0.497 e. The lowest BCUT2D eigenvalue weighted by Gasteiger charge is -2.34. The fourth-order valence-corrected chi connectivity index (χ4v) is 5.29. The fraction of sp³-hybridized carbons (Fsp3) is 0.333. The molecule has 164 valence electrons. The molecule has 1 aromatic heterocycles. The Bertz CT molecular complexity index is 1230. The molecule has 8 nitrogen and oxygen atoms in total. The molecule has 2 heterocycles. The Morgan fingerprint density at radius 2 is 1.77 bits per heavy atom. The zero-order valence-corrected chi connectivity index (χ0v) is 19.1. The lowest BCUT2D eigenvalue weighted by atomic mass is 10.1. The lowest BCUT2D eigenvalue weighted by molar-refractivity contribution is 0.0743. The molecule has 4 rings (SSSR count). The summed E-state index contributed by atoms with van der Waals surface area (Å²) in [5, 5.41) is 0.826. The number of nitrogens with zero attached hydrogens (tertiary/aromatic N) is 3. The van der Waals surface area contributed by atoms with E-state index in [1.807, 2.05) is 0 Å². The number of fused-ring (bicyclic) bond motifs is 1. The molecule has 0 spiro atoms. The maximum Gasteiger partial charge on any atom is 0.257 e. The second-order valence-electron chi connectivity index (χ2n) is 7.24. The number of ether oxygens (including phenoxy) is 2. The molecule has 10 heteroatoms. The Balaban J connectivity index is 1.49. The van der Waals surface area contributed by atoms with Gasteiger partial charge < -0.3 is 19.3 Å². The van der Waals surface area contributed by atoms with E-state index in [1.54, 1.807) is 55.5 Å². The number of hydrogen-bond donors (Lipinski definition) is 0. The van der Waals surface area contributed by atoms with Crippen LogP contribution in [0.4, 0.5) is 5.13 Å². The molecule has 0 unspecified atom stereocenters. The SMILES string of the molecule is COc1ccc(OC)c(C(=O)N2CCN(c3nc4ccc(S(C)(=O)=O)cc4s3)CC2)c1. The van der Waals surface area contributed by atoms with Crippen molar-refractivity contribution in [2.24, 2.45) is 0 Å². The highest BCUT2D eigenvalue weighted by atomic mass is 32.2. The van der Waals surface area contributed by atoms with Crippen molar-refractivity contribution < 1.29 is 22.7 Å². The number of piperazine rings is 1. The first-order valence-corrected chi connectivity index (χ1v) is 12.4. The van der Waals surface area contributed by atoms with Gasteiger partial charge in [0.05, 0.1) is 34.9 Å². The van der Waals surface area contributed by atoms with Gasteiger partial charge in [-0.2, -0.15) is 0 Å². The van der Waals surface area contributed by atoms with Crippen LogP contribution < -0.4 is 14.4 Å². The maximum absolute atomic E-state index is 13.1. The lowest BCUT2D eigenvalue weighted by Crippen LogP contribution is -2.48. The van der Waals surface area contributed by atoms with Gasteiger partial charge in [-0.15, -0.1) is 0 Å². The number of hydrogen-bond acceptors (Lipinski definition) is 8. The van der Waals surface area contributed by atoms with E-state index >= 15 is 0 Å². The number of sulfone groups is 1. The largest absolute Gasteiger partial charge is 0.497 e. The molecule has 1 aliphatic rings. The highest BCUT2D eigenvalue weighted by molar-refractivity contribution is 7.90. The molecule has 0 atom stereocenters. The topological polar surface area (TPSA) is 89.0 Å². The summed E-state index contributed by atoms with van der Waals surface area (Å²) in [6.07, 6.45) is 1.20. The van der Waals surface area contributed by atoms with E-state index in [1.165, 1.54) is 17.6 Å². The maximum atomic E-state index is 13.1. The number of amides is 1. The van der Waals surface area contributed by atoms with Crippen LogP contribution in [-0.4, -0.2) is 70.9 Å². The van der Waals surface area contributed by atoms with Crippen molar-refractivity contribution in [3.63, 3.8) is 0 Å². The predicted octanol–water partition coefficient (Wildman–Crippen LogP) is 2.68. The number of aromatic nitrogens is 1. The minimum atomic E-state index is -3.26. The molecular formula is C21H23N3O5S2. The van der Waals surface area contributed by atoms with Crippen LogP contribution in [0.2, 0.25) is 0 Å². The number of carbonyl (C=O) groups is 1. The summed E-state index contributed by atoms with van der Waals surface area (Å²) in [6.45, 7) is 2.36. The van der Waals surface area contributed by atoms with Gasteiger partial charge in [0.2, 0.25) is 0 Å². The summed E-state index contributed by atoms with van der Waals surface area (Å²) in [5.74, 6) is 1.02. The Labute approximate surface area is 184 Å². The van der Waals surface area contributed by atoms with Crippen LogP contribution in [0.25, 0.3) is 10.2 Å². The van der Waals surface area contributed by atoms with Gasteiger partial charge in [-0.05, 0) is 36.4 Å². The summed E-state index contributed by atoms with van der Waals surface area (Å²) in [6, 6.07) is 10.2. The van der Waals surface area contributed by atoms with Crippen LogP contribution in [-0.2, 0) is 9.84 Å².